The van der Waals surface area contributed by atoms with Crippen LogP contribution in [0.1, 0.15) is 40.4 Å². The van der Waals surface area contributed by atoms with Crippen molar-refractivity contribution in [2.24, 2.45) is 0 Å². The van der Waals surface area contributed by atoms with Gasteiger partial charge in [0.1, 0.15) is 0 Å². The summed E-state index contributed by atoms with van der Waals surface area (Å²) in [5.74, 6) is -1.32. The molecular weight excluding hydrogens is 486 g/mol. The quantitative estimate of drug-likeness (QED) is 0.346. The molecule has 0 spiro atoms. The molecule has 0 aliphatic carbocycles. The molecule has 6 heteroatoms. The van der Waals surface area contributed by atoms with Gasteiger partial charge in [-0.3, -0.25) is 14.4 Å². The number of likely N-dealkylation sites (tertiary alicyclic amines) is 1. The monoisotopic (exact) mass is 515 g/mol. The summed E-state index contributed by atoms with van der Waals surface area (Å²) in [6.45, 7) is 1.18. The molecule has 0 saturated carbocycles. The number of nitrogens with one attached hydrogen (secondary N) is 1. The maximum Gasteiger partial charge on any atom is 0.316 e. The Bertz CT molecular complexity index is 1520. The number of hydrogen-bond acceptors (Lipinski definition) is 3. The first-order chi connectivity index (χ1) is 19.1. The minimum atomic E-state index is -0.697. The van der Waals surface area contributed by atoms with Crippen molar-refractivity contribution in [1.29, 1.82) is 0 Å². The van der Waals surface area contributed by atoms with Crippen LogP contribution in [0.15, 0.2) is 103 Å². The molecule has 2 aliphatic heterocycles. The molecule has 0 radical (unpaired) electrons. The molecule has 3 amide bonds. The van der Waals surface area contributed by atoms with Gasteiger partial charge in [-0.1, -0.05) is 66.7 Å². The van der Waals surface area contributed by atoms with Gasteiger partial charge in [-0.2, -0.15) is 0 Å². The predicted octanol–water partition coefficient (Wildman–Crippen LogP) is 5.86. The Morgan fingerprint density at radius 2 is 1.46 bits per heavy atom. The first-order valence-electron chi connectivity index (χ1n) is 13.4. The summed E-state index contributed by atoms with van der Waals surface area (Å²) in [6.07, 6.45) is 2.61. The van der Waals surface area contributed by atoms with E-state index in [4.69, 9.17) is 0 Å². The van der Waals surface area contributed by atoms with Crippen LogP contribution in [0.5, 0.6) is 0 Å². The maximum absolute atomic E-state index is 13.3. The molecule has 2 heterocycles. The minimum Gasteiger partial charge on any atom is -0.332 e. The topological polar surface area (TPSA) is 69.7 Å². The Kier molecular flexibility index (Phi) is 6.68. The largest absolute Gasteiger partial charge is 0.332 e. The van der Waals surface area contributed by atoms with E-state index in [1.54, 1.807) is 24.3 Å². The van der Waals surface area contributed by atoms with Crippen LogP contribution in [0.2, 0.25) is 0 Å². The molecule has 1 fully saturated rings. The second-order valence-corrected chi connectivity index (χ2v) is 10.0. The molecule has 1 saturated heterocycles. The van der Waals surface area contributed by atoms with Gasteiger partial charge in [0, 0.05) is 30.0 Å². The third-order valence-corrected chi connectivity index (χ3v) is 7.61. The summed E-state index contributed by atoms with van der Waals surface area (Å²) in [5, 5.41) is 2.70. The molecular formula is C33H29N3O3. The highest BCUT2D eigenvalue weighted by Crippen LogP contribution is 2.34. The molecule has 1 atom stereocenters. The predicted molar refractivity (Wildman–Crippen MR) is 152 cm³/mol. The van der Waals surface area contributed by atoms with E-state index in [-0.39, 0.29) is 11.9 Å². The first kappa shape index (κ1) is 24.6. The fraction of sp³-hybridized carbons (Fsp3) is 0.182. The average molecular weight is 516 g/mol. The van der Waals surface area contributed by atoms with Crippen LogP contribution in [0.4, 0.5) is 11.4 Å². The number of anilines is 2. The molecule has 4 aromatic carbocycles. The van der Waals surface area contributed by atoms with Gasteiger partial charge in [0.05, 0.1) is 6.04 Å². The lowest BCUT2D eigenvalue weighted by molar-refractivity contribution is -0.134. The van der Waals surface area contributed by atoms with Gasteiger partial charge >= 0.3 is 11.8 Å². The van der Waals surface area contributed by atoms with Gasteiger partial charge in [-0.05, 0) is 77.9 Å². The molecule has 6 nitrogen and oxygen atoms in total. The standard InChI is InChI=1S/C33H29N3O3/c37-31(33(39)36-21-19-27-22-26(15-18-30(27)36)23-8-3-1-4-9-23)34-28-16-13-25(14-17-28)32(38)35-20-7-12-29(35)24-10-5-2-6-11-24/h1-6,8-11,13-18,22,29H,7,12,19-21H2,(H,34,37). The van der Waals surface area contributed by atoms with E-state index >= 15 is 0 Å². The lowest BCUT2D eigenvalue weighted by Crippen LogP contribution is -2.38. The van der Waals surface area contributed by atoms with E-state index in [1.807, 2.05) is 53.4 Å². The lowest BCUT2D eigenvalue weighted by atomic mass is 10.0. The number of amides is 3. The first-order valence-corrected chi connectivity index (χ1v) is 13.4. The Balaban J connectivity index is 1.11. The van der Waals surface area contributed by atoms with E-state index in [1.165, 1.54) is 4.90 Å². The highest BCUT2D eigenvalue weighted by Gasteiger charge is 2.31. The van der Waals surface area contributed by atoms with E-state index in [0.29, 0.717) is 24.2 Å². The van der Waals surface area contributed by atoms with Crippen LogP contribution in [0.25, 0.3) is 11.1 Å². The van der Waals surface area contributed by atoms with Crippen molar-refractivity contribution in [2.75, 3.05) is 23.3 Å². The highest BCUT2D eigenvalue weighted by atomic mass is 16.2. The third kappa shape index (κ3) is 4.93. The maximum atomic E-state index is 13.3. The number of rotatable bonds is 4. The average Bonchev–Trinajstić information content (AvgIpc) is 3.65. The van der Waals surface area contributed by atoms with E-state index < -0.39 is 11.8 Å². The van der Waals surface area contributed by atoms with Gasteiger partial charge in [-0.15, -0.1) is 0 Å². The van der Waals surface area contributed by atoms with Crippen molar-refractivity contribution in [3.8, 4) is 11.1 Å². The van der Waals surface area contributed by atoms with E-state index in [2.05, 4.69) is 35.6 Å². The molecule has 4 aromatic rings. The SMILES string of the molecule is O=C(Nc1ccc(C(=O)N2CCCC2c2ccccc2)cc1)C(=O)N1CCc2cc(-c3ccccc3)ccc21. The number of carbonyl (C=O) groups is 3. The van der Waals surface area contributed by atoms with Crippen molar-refractivity contribution in [3.05, 3.63) is 120 Å². The van der Waals surface area contributed by atoms with Crippen molar-refractivity contribution in [1.82, 2.24) is 4.90 Å². The molecule has 1 N–H and O–H groups in total. The van der Waals surface area contributed by atoms with Crippen LogP contribution in [0, 0.1) is 0 Å². The zero-order valence-corrected chi connectivity index (χ0v) is 21.5. The van der Waals surface area contributed by atoms with Crippen molar-refractivity contribution in [2.45, 2.75) is 25.3 Å². The number of carbonyl (C=O) groups excluding carboxylic acids is 3. The van der Waals surface area contributed by atoms with E-state index in [0.717, 1.165) is 47.3 Å². The summed E-state index contributed by atoms with van der Waals surface area (Å²) in [7, 11) is 0. The number of benzene rings is 4. The van der Waals surface area contributed by atoms with Crippen LogP contribution in [-0.4, -0.2) is 35.7 Å². The van der Waals surface area contributed by atoms with Gasteiger partial charge < -0.3 is 15.1 Å². The second-order valence-electron chi connectivity index (χ2n) is 10.0. The molecule has 6 rings (SSSR count). The second kappa shape index (κ2) is 10.6. The Morgan fingerprint density at radius 1 is 0.744 bits per heavy atom. The zero-order valence-electron chi connectivity index (χ0n) is 21.5. The van der Waals surface area contributed by atoms with Gasteiger partial charge in [0.15, 0.2) is 0 Å². The number of hydrogen-bond donors (Lipinski definition) is 1. The normalized spacial score (nSPS) is 16.2. The summed E-state index contributed by atoms with van der Waals surface area (Å²) < 4.78 is 0. The minimum absolute atomic E-state index is 0.0288. The summed E-state index contributed by atoms with van der Waals surface area (Å²) in [4.78, 5) is 42.6. The number of nitrogens with zero attached hydrogens (tertiary/aromatic N) is 2. The van der Waals surface area contributed by atoms with Gasteiger partial charge in [-0.25, -0.2) is 0 Å². The smallest absolute Gasteiger partial charge is 0.316 e. The van der Waals surface area contributed by atoms with Gasteiger partial charge in [0.25, 0.3) is 5.91 Å². The lowest BCUT2D eigenvalue weighted by Gasteiger charge is -2.25. The van der Waals surface area contributed by atoms with E-state index in [9.17, 15) is 14.4 Å². The zero-order chi connectivity index (χ0) is 26.8. The number of fused-ring (bicyclic) bond motifs is 1. The molecule has 0 aromatic heterocycles. The van der Waals surface area contributed by atoms with Crippen LogP contribution in [-0.2, 0) is 16.0 Å². The Labute approximate surface area is 227 Å². The van der Waals surface area contributed by atoms with Crippen LogP contribution >= 0.6 is 0 Å². The fourth-order valence-corrected chi connectivity index (χ4v) is 5.62. The summed E-state index contributed by atoms with van der Waals surface area (Å²) >= 11 is 0. The van der Waals surface area contributed by atoms with Crippen LogP contribution in [0.3, 0.4) is 0 Å². The Morgan fingerprint density at radius 3 is 2.21 bits per heavy atom. The summed E-state index contributed by atoms with van der Waals surface area (Å²) in [6, 6.07) is 33.0. The van der Waals surface area contributed by atoms with Crippen molar-refractivity contribution >= 4 is 29.1 Å². The third-order valence-electron chi connectivity index (χ3n) is 7.61. The molecule has 0 bridgehead atoms. The Hall–Kier alpha value is -4.71. The summed E-state index contributed by atoms with van der Waals surface area (Å²) in [5.41, 5.74) is 6.21. The molecule has 39 heavy (non-hydrogen) atoms. The van der Waals surface area contributed by atoms with Crippen LogP contribution < -0.4 is 10.2 Å². The molecule has 2 aliphatic rings. The van der Waals surface area contributed by atoms with Crippen molar-refractivity contribution < 1.29 is 14.4 Å². The van der Waals surface area contributed by atoms with Gasteiger partial charge in [0.2, 0.25) is 0 Å². The van der Waals surface area contributed by atoms with Crippen molar-refractivity contribution in [3.63, 3.8) is 0 Å². The highest BCUT2D eigenvalue weighted by molar-refractivity contribution is 6.44. The fourth-order valence-electron chi connectivity index (χ4n) is 5.62. The molecule has 1 unspecified atom stereocenters. The molecule has 194 valence electrons.